The minimum absolute atomic E-state index is 0. The molecule has 0 fully saturated rings. The zero-order chi connectivity index (χ0) is 40.8. The molecule has 0 bridgehead atoms. The van der Waals surface area contributed by atoms with Crippen LogP contribution < -0.4 is 11.1 Å². The summed E-state index contributed by atoms with van der Waals surface area (Å²) in [5.41, 5.74) is 7.05. The number of nitrogens with zero attached hydrogens (tertiary/aromatic N) is 3. The molecule has 9 nitrogen and oxygen atoms in total. The molecule has 8 rings (SSSR count). The van der Waals surface area contributed by atoms with E-state index in [0.29, 0.717) is 23.2 Å². The van der Waals surface area contributed by atoms with Crippen LogP contribution in [0.25, 0.3) is 44.8 Å². The van der Waals surface area contributed by atoms with Crippen molar-refractivity contribution < 1.29 is 4.79 Å². The molecular formula is C46H44Cl2N6O3S2. The Morgan fingerprint density at radius 3 is 1.64 bits per heavy atom. The maximum atomic E-state index is 13.1. The Morgan fingerprint density at radius 2 is 1.15 bits per heavy atom. The van der Waals surface area contributed by atoms with Crippen LogP contribution in [0.3, 0.4) is 0 Å². The third-order valence-corrected chi connectivity index (χ3v) is 11.9. The molecule has 59 heavy (non-hydrogen) atoms. The van der Waals surface area contributed by atoms with Crippen LogP contribution in [0.5, 0.6) is 0 Å². The van der Waals surface area contributed by atoms with Crippen molar-refractivity contribution in [2.24, 2.45) is 5.41 Å². The average Bonchev–Trinajstić information content (AvgIpc) is 4.05. The van der Waals surface area contributed by atoms with Gasteiger partial charge >= 0.3 is 0 Å². The lowest BCUT2D eigenvalue weighted by atomic mass is 9.95. The molecule has 0 radical (unpaired) electrons. The summed E-state index contributed by atoms with van der Waals surface area (Å²) in [4.78, 5) is 45.8. The van der Waals surface area contributed by atoms with Crippen LogP contribution in [0.4, 0.5) is 0 Å². The lowest BCUT2D eigenvalue weighted by Gasteiger charge is -2.17. The normalized spacial score (nSPS) is 11.1. The molecule has 0 saturated heterocycles. The quantitative estimate of drug-likeness (QED) is 0.126. The highest BCUT2D eigenvalue weighted by Crippen LogP contribution is 2.28. The first kappa shape index (κ1) is 43.0. The van der Waals surface area contributed by atoms with Gasteiger partial charge in [-0.3, -0.25) is 19.5 Å². The number of rotatable bonds is 10. The van der Waals surface area contributed by atoms with Crippen molar-refractivity contribution in [1.82, 2.24) is 29.9 Å². The number of thiophene rings is 2. The zero-order valence-corrected chi connectivity index (χ0v) is 35.2. The standard InChI is InChI=1S/C25H24ClN3O2S.C20H16ClN3OS.CH4/c1-25(2,3)24(31)29-18(9-10-19-11-12-22(26)32-19)14-21(28-29)17-13-20(23(30)27-15-17)16-7-5-4-6-8-16;21-19-9-8-16(26-19)7-6-15-11-18(24-23-15)14-10-17(20(25)22-12-14)13-4-2-1-3-5-13;/h4-8,11-15H,9-10H2,1-3H3,(H,27,30);1-5,8-12H,6-7H2,(H,22,25)(H,23,24);1H4. The van der Waals surface area contributed by atoms with Crippen LogP contribution in [0.15, 0.2) is 131 Å². The van der Waals surface area contributed by atoms with E-state index in [4.69, 9.17) is 23.2 Å². The number of hydrogen-bond donors (Lipinski definition) is 3. The van der Waals surface area contributed by atoms with Crippen LogP contribution in [0, 0.1) is 5.41 Å². The van der Waals surface area contributed by atoms with Crippen molar-refractivity contribution in [3.8, 4) is 44.8 Å². The smallest absolute Gasteiger partial charge is 0.255 e. The zero-order valence-electron chi connectivity index (χ0n) is 32.0. The summed E-state index contributed by atoms with van der Waals surface area (Å²) in [5.74, 6) is -0.0735. The van der Waals surface area contributed by atoms with Gasteiger partial charge in [0.25, 0.3) is 17.0 Å². The minimum atomic E-state index is -0.579. The third kappa shape index (κ3) is 10.7. The number of H-pyrrole nitrogens is 3. The van der Waals surface area contributed by atoms with Gasteiger partial charge in [0.1, 0.15) is 0 Å². The second kappa shape index (κ2) is 19.0. The number of benzene rings is 2. The van der Waals surface area contributed by atoms with E-state index < -0.39 is 5.41 Å². The van der Waals surface area contributed by atoms with Gasteiger partial charge in [-0.1, -0.05) is 112 Å². The van der Waals surface area contributed by atoms with Crippen molar-refractivity contribution in [2.45, 2.75) is 53.9 Å². The van der Waals surface area contributed by atoms with Crippen molar-refractivity contribution in [2.75, 3.05) is 0 Å². The third-order valence-electron chi connectivity index (χ3n) is 9.34. The van der Waals surface area contributed by atoms with Gasteiger partial charge in [-0.2, -0.15) is 10.2 Å². The molecule has 13 heteroatoms. The summed E-state index contributed by atoms with van der Waals surface area (Å²) in [7, 11) is 0. The fraction of sp³-hybridized carbons (Fsp3) is 0.196. The predicted molar refractivity (Wildman–Crippen MR) is 244 cm³/mol. The lowest BCUT2D eigenvalue weighted by Crippen LogP contribution is -2.29. The summed E-state index contributed by atoms with van der Waals surface area (Å²) in [6.07, 6.45) is 6.54. The maximum Gasteiger partial charge on any atom is 0.255 e. The Morgan fingerprint density at radius 1 is 0.644 bits per heavy atom. The van der Waals surface area contributed by atoms with Crippen molar-refractivity contribution >= 4 is 51.8 Å². The molecule has 0 aliphatic heterocycles. The number of carbonyl (C=O) groups is 1. The second-order valence-electron chi connectivity index (χ2n) is 14.7. The molecule has 0 aliphatic carbocycles. The van der Waals surface area contributed by atoms with Gasteiger partial charge in [0.05, 0.1) is 20.1 Å². The second-order valence-corrected chi connectivity index (χ2v) is 18.3. The average molecular weight is 864 g/mol. The van der Waals surface area contributed by atoms with Gasteiger partial charge < -0.3 is 9.97 Å². The summed E-state index contributed by atoms with van der Waals surface area (Å²) in [5, 5.41) is 12.1. The van der Waals surface area contributed by atoms with Gasteiger partial charge in [-0.05, 0) is 85.3 Å². The number of carbonyl (C=O) groups excluding carboxylic acids is 1. The minimum Gasteiger partial charge on any atom is -0.328 e. The number of aromatic nitrogens is 6. The van der Waals surface area contributed by atoms with E-state index in [0.717, 1.165) is 72.1 Å². The van der Waals surface area contributed by atoms with E-state index in [-0.39, 0.29) is 24.5 Å². The largest absolute Gasteiger partial charge is 0.328 e. The Hall–Kier alpha value is -5.59. The van der Waals surface area contributed by atoms with E-state index in [2.05, 4.69) is 31.3 Å². The molecule has 3 N–H and O–H groups in total. The topological polar surface area (TPSA) is 129 Å². The van der Waals surface area contributed by atoms with Crippen LogP contribution in [-0.4, -0.2) is 35.9 Å². The first-order valence-electron chi connectivity index (χ1n) is 18.6. The summed E-state index contributed by atoms with van der Waals surface area (Å²) < 4.78 is 3.08. The van der Waals surface area contributed by atoms with Gasteiger partial charge in [-0.25, -0.2) is 4.68 Å². The van der Waals surface area contributed by atoms with Crippen molar-refractivity contribution in [1.29, 1.82) is 0 Å². The predicted octanol–water partition coefficient (Wildman–Crippen LogP) is 11.7. The van der Waals surface area contributed by atoms with Gasteiger partial charge in [-0.15, -0.1) is 22.7 Å². The summed E-state index contributed by atoms with van der Waals surface area (Å²) in [6, 6.07) is 34.7. The number of nitrogens with one attached hydrogen (secondary N) is 3. The monoisotopic (exact) mass is 862 g/mol. The molecule has 0 atom stereocenters. The molecule has 0 spiro atoms. The lowest BCUT2D eigenvalue weighted by molar-refractivity contribution is 0.0745. The Labute approximate surface area is 360 Å². The van der Waals surface area contributed by atoms with E-state index >= 15 is 0 Å². The Bertz CT molecular complexity index is 2770. The number of aryl methyl sites for hydroxylation is 4. The highest BCUT2D eigenvalue weighted by molar-refractivity contribution is 7.16. The molecule has 8 aromatic rings. The van der Waals surface area contributed by atoms with Crippen LogP contribution in [-0.2, 0) is 25.7 Å². The maximum absolute atomic E-state index is 13.1. The molecule has 0 amide bonds. The van der Waals surface area contributed by atoms with E-state index in [1.54, 1.807) is 35.1 Å². The Kier molecular flexibility index (Phi) is 13.8. The number of aromatic amines is 3. The molecule has 6 aromatic heterocycles. The molecular weight excluding hydrogens is 820 g/mol. The SMILES string of the molecule is C.CC(C)(C)C(=O)n1nc(-c2c[nH]c(=O)c(-c3ccccc3)c2)cc1CCc1ccc(Cl)s1.O=c1[nH]cc(-c2cc(CCc3ccc(Cl)s3)[nH]n2)cc1-c1ccccc1. The molecule has 6 heterocycles. The number of hydrogen-bond acceptors (Lipinski definition) is 7. The summed E-state index contributed by atoms with van der Waals surface area (Å²) in [6.45, 7) is 5.65. The molecule has 0 unspecified atom stereocenters. The van der Waals surface area contributed by atoms with E-state index in [1.807, 2.05) is 124 Å². The molecule has 302 valence electrons. The highest BCUT2D eigenvalue weighted by atomic mass is 35.5. The first-order valence-corrected chi connectivity index (χ1v) is 21.0. The van der Waals surface area contributed by atoms with Crippen molar-refractivity contribution in [3.63, 3.8) is 0 Å². The van der Waals surface area contributed by atoms with Crippen LogP contribution in [0.1, 0.15) is 54.1 Å². The molecule has 2 aromatic carbocycles. The van der Waals surface area contributed by atoms with E-state index in [9.17, 15) is 14.4 Å². The van der Waals surface area contributed by atoms with Gasteiger partial charge in [0, 0.05) is 61.2 Å². The molecule has 0 saturated carbocycles. The van der Waals surface area contributed by atoms with Crippen LogP contribution in [0.2, 0.25) is 8.67 Å². The van der Waals surface area contributed by atoms with Gasteiger partial charge in [0.15, 0.2) is 0 Å². The summed E-state index contributed by atoms with van der Waals surface area (Å²) >= 11 is 15.2. The van der Waals surface area contributed by atoms with Crippen LogP contribution >= 0.6 is 45.9 Å². The van der Waals surface area contributed by atoms with E-state index in [1.165, 1.54) is 9.56 Å². The first-order chi connectivity index (χ1) is 27.9. The van der Waals surface area contributed by atoms with Crippen molar-refractivity contribution in [3.05, 3.63) is 172 Å². The number of halogens is 2. The molecule has 0 aliphatic rings. The number of pyridine rings is 2. The Balaban J connectivity index is 0.000000199. The fourth-order valence-electron chi connectivity index (χ4n) is 6.28. The highest BCUT2D eigenvalue weighted by Gasteiger charge is 2.27. The fourth-order valence-corrected chi connectivity index (χ4v) is 8.45. The van der Waals surface area contributed by atoms with Gasteiger partial charge in [0.2, 0.25) is 0 Å².